The van der Waals surface area contributed by atoms with Crippen molar-refractivity contribution in [1.29, 1.82) is 0 Å². The molecule has 0 aliphatic heterocycles. The summed E-state index contributed by atoms with van der Waals surface area (Å²) < 4.78 is 47.2. The van der Waals surface area contributed by atoms with Gasteiger partial charge in [0.25, 0.3) is 0 Å². The van der Waals surface area contributed by atoms with Crippen molar-refractivity contribution in [2.75, 3.05) is 0 Å². The van der Waals surface area contributed by atoms with E-state index < -0.39 is 11.3 Å². The van der Waals surface area contributed by atoms with Crippen molar-refractivity contribution >= 4 is 11.0 Å². The molecule has 1 N–H and O–H groups in total. The summed E-state index contributed by atoms with van der Waals surface area (Å²) in [6.45, 7) is 24.5. The zero-order valence-corrected chi connectivity index (χ0v) is 41.4. The fraction of sp³-hybridized carbons (Fsp3) is 0.288. The van der Waals surface area contributed by atoms with Crippen molar-refractivity contribution in [2.24, 2.45) is 0 Å². The number of pyridine rings is 1. The molecular weight excluding hydrogens is 962 g/mol. The monoisotopic (exact) mass is 1030 g/mol. The number of aromatic hydroxyl groups is 1. The van der Waals surface area contributed by atoms with Gasteiger partial charge in [0, 0.05) is 39.9 Å². The largest absolute Gasteiger partial charge is 0.507 e. The first kappa shape index (κ1) is 40.0. The van der Waals surface area contributed by atoms with Crippen molar-refractivity contribution in [3.05, 3.63) is 167 Å². The third kappa shape index (κ3) is 9.18. The molecule has 8 aromatic rings. The predicted octanol–water partition coefficient (Wildman–Crippen LogP) is 16.2. The second-order valence-corrected chi connectivity index (χ2v) is 19.7. The van der Waals surface area contributed by atoms with Crippen LogP contribution in [-0.2, 0) is 31.9 Å². The summed E-state index contributed by atoms with van der Waals surface area (Å²) in [4.78, 5) is 10.4. The van der Waals surface area contributed by atoms with Crippen molar-refractivity contribution < 1.29 is 33.0 Å². The molecule has 0 spiro atoms. The molecule has 0 saturated heterocycles. The zero-order valence-electron chi connectivity index (χ0n) is 44.2. The van der Waals surface area contributed by atoms with Crippen LogP contribution >= 0.6 is 0 Å². The maximum absolute atomic E-state index is 12.3. The van der Waals surface area contributed by atoms with Crippen LogP contribution in [0.15, 0.2) is 133 Å². The summed E-state index contributed by atoms with van der Waals surface area (Å²) in [5.41, 5.74) is 12.0. The molecule has 330 valence electrons. The number of hydrogen-bond acceptors (Lipinski definition) is 3. The van der Waals surface area contributed by atoms with Crippen molar-refractivity contribution in [3.63, 3.8) is 0 Å². The van der Waals surface area contributed by atoms with Crippen LogP contribution in [0.4, 0.5) is 0 Å². The van der Waals surface area contributed by atoms with E-state index in [9.17, 15) is 5.11 Å². The number of rotatable bonds is 9. The van der Waals surface area contributed by atoms with Crippen LogP contribution in [-0.4, -0.2) is 19.6 Å². The van der Waals surface area contributed by atoms with E-state index in [-0.39, 0.29) is 73.8 Å². The SMILES string of the molecule is [2H]c1c([2H])c(C(C)(C)C)c([2H])c([2H])c1-c1ccnc(-c2[c-]c(-c3cccc4c3nc(-c3cc(C(C)C)cc(C(C)C)c3O)n4-c3ccc(C([2H])(C)C)cc3-c3ccccc3)cc(C(C)(C)C)c2)c1.[Pt]. The molecule has 4 nitrogen and oxygen atoms in total. The van der Waals surface area contributed by atoms with Gasteiger partial charge >= 0.3 is 0 Å². The molecule has 0 aliphatic carbocycles. The Morgan fingerprint density at radius 2 is 1.30 bits per heavy atom. The number of fused-ring (bicyclic) bond motifs is 1. The predicted molar refractivity (Wildman–Crippen MR) is 266 cm³/mol. The molecule has 2 aromatic heterocycles. The van der Waals surface area contributed by atoms with Crippen LogP contribution in [0.2, 0.25) is 0 Å². The Kier molecular flexibility index (Phi) is 11.3. The van der Waals surface area contributed by atoms with Crippen molar-refractivity contribution in [3.8, 4) is 67.5 Å². The minimum Gasteiger partial charge on any atom is -0.507 e. The minimum atomic E-state index is -0.857. The number of hydrogen-bond donors (Lipinski definition) is 1. The van der Waals surface area contributed by atoms with E-state index in [0.717, 1.165) is 55.7 Å². The number of imidazole rings is 1. The van der Waals surface area contributed by atoms with Gasteiger partial charge in [0.1, 0.15) is 11.6 Å². The summed E-state index contributed by atoms with van der Waals surface area (Å²) in [7, 11) is 0. The Hall–Kier alpha value is -5.57. The zero-order chi connectivity index (χ0) is 49.4. The summed E-state index contributed by atoms with van der Waals surface area (Å²) in [6, 6.07) is 38.1. The van der Waals surface area contributed by atoms with Gasteiger partial charge in [-0.05, 0) is 97.8 Å². The molecule has 8 rings (SSSR count). The Bertz CT molecular complexity index is 3220. The van der Waals surface area contributed by atoms with Gasteiger partial charge in [0.05, 0.1) is 27.8 Å². The first-order valence-corrected chi connectivity index (χ1v) is 22.1. The fourth-order valence-electron chi connectivity index (χ4n) is 8.11. The summed E-state index contributed by atoms with van der Waals surface area (Å²) in [5.74, 6) is 0.154. The van der Waals surface area contributed by atoms with E-state index in [1.807, 2.05) is 71.0 Å². The molecule has 0 saturated carbocycles. The van der Waals surface area contributed by atoms with Crippen LogP contribution in [0, 0.1) is 6.07 Å². The normalized spacial score (nSPS) is 13.4. The van der Waals surface area contributed by atoms with Crippen molar-refractivity contribution in [1.82, 2.24) is 14.5 Å². The van der Waals surface area contributed by atoms with Gasteiger partial charge in [0.2, 0.25) is 0 Å². The van der Waals surface area contributed by atoms with Gasteiger partial charge in [-0.3, -0.25) is 9.55 Å². The van der Waals surface area contributed by atoms with E-state index in [2.05, 4.69) is 120 Å². The molecule has 6 aromatic carbocycles. The molecule has 2 heterocycles. The van der Waals surface area contributed by atoms with Crippen LogP contribution in [0.1, 0.15) is 135 Å². The third-order valence-electron chi connectivity index (χ3n) is 12.0. The van der Waals surface area contributed by atoms with E-state index in [0.29, 0.717) is 39.3 Å². The summed E-state index contributed by atoms with van der Waals surface area (Å²) in [6.07, 6.45) is 1.65. The maximum Gasteiger partial charge on any atom is 0.148 e. The topological polar surface area (TPSA) is 50.9 Å². The van der Waals surface area contributed by atoms with Crippen LogP contribution < -0.4 is 0 Å². The molecule has 0 atom stereocenters. The first-order valence-electron chi connectivity index (χ1n) is 24.6. The first-order chi connectivity index (χ1) is 31.9. The van der Waals surface area contributed by atoms with Gasteiger partial charge in [-0.1, -0.05) is 179 Å². The number of para-hydroxylation sites is 1. The summed E-state index contributed by atoms with van der Waals surface area (Å²) in [5, 5.41) is 12.3. The number of nitrogens with zero attached hydrogens (tertiary/aromatic N) is 3. The molecule has 0 unspecified atom stereocenters. The average Bonchev–Trinajstić information content (AvgIpc) is 3.67. The van der Waals surface area contributed by atoms with Gasteiger partial charge in [0.15, 0.2) is 0 Å². The van der Waals surface area contributed by atoms with Gasteiger partial charge in [-0.15, -0.1) is 29.3 Å². The summed E-state index contributed by atoms with van der Waals surface area (Å²) >= 11 is 0. The van der Waals surface area contributed by atoms with Gasteiger partial charge in [-0.25, -0.2) is 4.98 Å². The smallest absolute Gasteiger partial charge is 0.148 e. The van der Waals surface area contributed by atoms with Crippen LogP contribution in [0.25, 0.3) is 72.7 Å². The maximum atomic E-state index is 12.3. The number of benzene rings is 6. The van der Waals surface area contributed by atoms with Crippen LogP contribution in [0.5, 0.6) is 5.75 Å². The molecule has 0 aliphatic rings. The third-order valence-corrected chi connectivity index (χ3v) is 12.0. The molecule has 0 bridgehead atoms. The second-order valence-electron chi connectivity index (χ2n) is 19.7. The minimum absolute atomic E-state index is 0. The van der Waals surface area contributed by atoms with Gasteiger partial charge < -0.3 is 5.11 Å². The van der Waals surface area contributed by atoms with Crippen LogP contribution in [0.3, 0.4) is 0 Å². The Morgan fingerprint density at radius 3 is 1.94 bits per heavy atom. The Labute approximate surface area is 403 Å². The molecular formula is C59H62N3OPt-. The second kappa shape index (κ2) is 18.1. The van der Waals surface area contributed by atoms with Gasteiger partial charge in [-0.2, -0.15) is 0 Å². The Balaban J connectivity index is 0.00000703. The van der Waals surface area contributed by atoms with Crippen molar-refractivity contribution in [2.45, 2.75) is 112 Å². The fourth-order valence-corrected chi connectivity index (χ4v) is 8.11. The molecule has 0 amide bonds. The molecule has 5 heteroatoms. The molecule has 0 radical (unpaired) electrons. The average molecular weight is 1030 g/mol. The number of phenolic OH excluding ortho intramolecular Hbond substituents is 1. The quantitative estimate of drug-likeness (QED) is 0.147. The van der Waals surface area contributed by atoms with E-state index in [4.69, 9.17) is 16.8 Å². The Morgan fingerprint density at radius 1 is 0.625 bits per heavy atom. The van der Waals surface area contributed by atoms with E-state index in [1.54, 1.807) is 12.3 Å². The van der Waals surface area contributed by atoms with E-state index >= 15 is 0 Å². The molecule has 0 fully saturated rings. The number of aromatic nitrogens is 3. The number of phenols is 1. The molecule has 64 heavy (non-hydrogen) atoms. The standard InChI is InChI=1S/C59H62N3O.Pt/c1-36(2)41-23-26-53(50(32-41)40-17-14-13-15-18-40)62-54-20-16-19-48(55(54)61-57(62)51-34-43(37(3)4)33-49(38(5)6)56(51)63)44-29-45(31-47(30-44)59(10,11)12)52-35-42(27-28-60-52)39-21-24-46(25-22-39)58(7,8)9;/h13-28,30-38,63H,1-12H3;/q-1;/i21D,22D,24D,25D,36D;. The van der Waals surface area contributed by atoms with E-state index in [1.165, 1.54) is 0 Å².